The molecule has 0 bridgehead atoms. The Morgan fingerprint density at radius 1 is 1.03 bits per heavy atom. The van der Waals surface area contributed by atoms with Crippen molar-refractivity contribution in [1.82, 2.24) is 9.55 Å². The van der Waals surface area contributed by atoms with E-state index in [2.05, 4.69) is 100 Å². The number of hydrogen-bond donors (Lipinski definition) is 0. The van der Waals surface area contributed by atoms with Crippen LogP contribution in [0, 0.1) is 33.6 Å². The van der Waals surface area contributed by atoms with Crippen LogP contribution in [0.1, 0.15) is 41.6 Å². The van der Waals surface area contributed by atoms with Crippen LogP contribution in [-0.4, -0.2) is 27.1 Å². The van der Waals surface area contributed by atoms with Crippen molar-refractivity contribution in [3.63, 3.8) is 0 Å². The van der Waals surface area contributed by atoms with Crippen molar-refractivity contribution >= 4 is 55.2 Å². The number of fused-ring (bicyclic) bond motifs is 1. The van der Waals surface area contributed by atoms with Crippen LogP contribution in [0.3, 0.4) is 0 Å². The highest BCUT2D eigenvalue weighted by atomic mass is 127. The molecule has 0 amide bonds. The molecule has 0 atom stereocenters. The highest BCUT2D eigenvalue weighted by Gasteiger charge is 2.23. The Bertz CT molecular complexity index is 1020. The number of aromatic nitrogens is 2. The first-order chi connectivity index (χ1) is 13.9. The third-order valence-corrected chi connectivity index (χ3v) is 7.30. The van der Waals surface area contributed by atoms with E-state index in [4.69, 9.17) is 4.98 Å². The molecule has 4 rings (SSSR count). The maximum Gasteiger partial charge on any atom is 0.147 e. The van der Waals surface area contributed by atoms with Gasteiger partial charge in [0.1, 0.15) is 5.65 Å². The summed E-state index contributed by atoms with van der Waals surface area (Å²) in [4.78, 5) is 7.60. The van der Waals surface area contributed by atoms with Crippen LogP contribution in [-0.2, 0) is 0 Å². The lowest BCUT2D eigenvalue weighted by Gasteiger charge is -2.34. The van der Waals surface area contributed by atoms with Crippen molar-refractivity contribution in [2.45, 2.75) is 47.0 Å². The van der Waals surface area contributed by atoms with Crippen LogP contribution in [0.2, 0.25) is 0 Å². The average Bonchev–Trinajstić information content (AvgIpc) is 2.97. The third kappa shape index (κ3) is 4.09. The minimum absolute atomic E-state index is 0.889. The molecule has 154 valence electrons. The maximum atomic E-state index is 5.00. The maximum absolute atomic E-state index is 5.00. The Morgan fingerprint density at radius 2 is 1.69 bits per heavy atom. The van der Waals surface area contributed by atoms with Crippen molar-refractivity contribution < 1.29 is 0 Å². The zero-order valence-corrected chi connectivity index (χ0v) is 21.5. The van der Waals surface area contributed by atoms with Gasteiger partial charge in [-0.3, -0.25) is 0 Å². The molecule has 5 heteroatoms. The number of benzene rings is 1. The van der Waals surface area contributed by atoms with Crippen LogP contribution in [0.15, 0.2) is 28.9 Å². The largest absolute Gasteiger partial charge is 0.371 e. The molecule has 0 saturated carbocycles. The molecule has 1 aliphatic rings. The molecule has 0 unspecified atom stereocenters. The van der Waals surface area contributed by atoms with E-state index in [0.717, 1.165) is 34.8 Å². The second-order valence-electron chi connectivity index (χ2n) is 8.46. The van der Waals surface area contributed by atoms with Gasteiger partial charge < -0.3 is 9.47 Å². The molecule has 3 heterocycles. The van der Waals surface area contributed by atoms with Gasteiger partial charge >= 0.3 is 0 Å². The average molecular weight is 566 g/mol. The second kappa shape index (κ2) is 8.58. The molecule has 1 fully saturated rings. The van der Waals surface area contributed by atoms with Gasteiger partial charge in [-0.05, 0) is 92.2 Å². The Labute approximate surface area is 196 Å². The van der Waals surface area contributed by atoms with Gasteiger partial charge in [0.2, 0.25) is 0 Å². The Hall–Kier alpha value is -1.08. The van der Waals surface area contributed by atoms with Gasteiger partial charge in [-0.2, -0.15) is 0 Å². The van der Waals surface area contributed by atoms with E-state index in [1.807, 2.05) is 0 Å². The summed E-state index contributed by atoms with van der Waals surface area (Å²) in [6.45, 7) is 11.0. The first-order valence-corrected chi connectivity index (χ1v) is 12.8. The summed E-state index contributed by atoms with van der Waals surface area (Å²) in [5.41, 5.74) is 8.62. The molecule has 0 radical (unpaired) electrons. The number of anilines is 1. The van der Waals surface area contributed by atoms with Gasteiger partial charge in [-0.25, -0.2) is 4.98 Å². The molecule has 2 aromatic heterocycles. The summed E-state index contributed by atoms with van der Waals surface area (Å²) >= 11 is 6.15. The Morgan fingerprint density at radius 3 is 2.31 bits per heavy atom. The summed E-state index contributed by atoms with van der Waals surface area (Å²) < 4.78 is 4.71. The van der Waals surface area contributed by atoms with E-state index in [1.165, 1.54) is 57.1 Å². The van der Waals surface area contributed by atoms with Crippen molar-refractivity contribution in [2.75, 3.05) is 22.4 Å². The summed E-state index contributed by atoms with van der Waals surface area (Å²) in [6, 6.07) is 6.68. The summed E-state index contributed by atoms with van der Waals surface area (Å²) in [5, 5.41) is 1.31. The van der Waals surface area contributed by atoms with Crippen molar-refractivity contribution in [3.05, 3.63) is 51.3 Å². The van der Waals surface area contributed by atoms with Crippen LogP contribution in [0.4, 0.5) is 5.69 Å². The quantitative estimate of drug-likeness (QED) is 0.249. The third-order valence-electron chi connectivity index (χ3n) is 6.22. The lowest BCUT2D eigenvalue weighted by Crippen LogP contribution is -2.34. The number of piperidine rings is 1. The monoisotopic (exact) mass is 565 g/mol. The van der Waals surface area contributed by atoms with Crippen LogP contribution in [0.25, 0.3) is 16.7 Å². The zero-order chi connectivity index (χ0) is 20.7. The molecule has 3 nitrogen and oxygen atoms in total. The number of halogens is 2. The highest BCUT2D eigenvalue weighted by Crippen LogP contribution is 2.36. The summed E-state index contributed by atoms with van der Waals surface area (Å²) in [5.74, 6) is 0.889. The molecule has 0 N–H and O–H groups in total. The summed E-state index contributed by atoms with van der Waals surface area (Å²) in [7, 11) is 0. The molecule has 1 aliphatic heterocycles. The summed E-state index contributed by atoms with van der Waals surface area (Å²) in [6.07, 6.45) is 6.23. The topological polar surface area (TPSA) is 21.1 Å². The van der Waals surface area contributed by atoms with Crippen molar-refractivity contribution in [2.24, 2.45) is 5.92 Å². The number of nitrogens with zero attached hydrogens (tertiary/aromatic N) is 3. The predicted octanol–water partition coefficient (Wildman–Crippen LogP) is 7.06. The smallest absolute Gasteiger partial charge is 0.147 e. The first-order valence-electron chi connectivity index (χ1n) is 10.5. The molecular formula is C24H29BrIN3. The van der Waals surface area contributed by atoms with Gasteiger partial charge in [-0.1, -0.05) is 38.5 Å². The first kappa shape index (κ1) is 21.2. The number of hydrogen-bond acceptors (Lipinski definition) is 2. The number of alkyl halides is 1. The van der Waals surface area contributed by atoms with Gasteiger partial charge in [-0.15, -0.1) is 0 Å². The fourth-order valence-corrected chi connectivity index (χ4v) is 6.40. The number of rotatable bonds is 4. The zero-order valence-electron chi connectivity index (χ0n) is 17.7. The SMILES string of the molecule is Cc1cc(N2CCC(CCI)CC2)c2c(C)cn(-c3c(C)cc(Br)cc3C)c2n1. The predicted molar refractivity (Wildman–Crippen MR) is 136 cm³/mol. The van der Waals surface area contributed by atoms with Gasteiger partial charge in [0.15, 0.2) is 0 Å². The van der Waals surface area contributed by atoms with E-state index in [9.17, 15) is 0 Å². The fraction of sp³-hybridized carbons (Fsp3) is 0.458. The van der Waals surface area contributed by atoms with E-state index >= 15 is 0 Å². The van der Waals surface area contributed by atoms with E-state index in [-0.39, 0.29) is 0 Å². The normalized spacial score (nSPS) is 15.4. The second-order valence-corrected chi connectivity index (χ2v) is 10.5. The van der Waals surface area contributed by atoms with Crippen molar-refractivity contribution in [3.8, 4) is 5.69 Å². The molecule has 1 aromatic carbocycles. The van der Waals surface area contributed by atoms with E-state index < -0.39 is 0 Å². The van der Waals surface area contributed by atoms with Crippen LogP contribution in [0.5, 0.6) is 0 Å². The fourth-order valence-electron chi connectivity index (χ4n) is 4.83. The Kier molecular flexibility index (Phi) is 6.26. The molecule has 3 aromatic rings. The van der Waals surface area contributed by atoms with Crippen LogP contribution >= 0.6 is 38.5 Å². The van der Waals surface area contributed by atoms with Gasteiger partial charge in [0.05, 0.1) is 5.69 Å². The standard InChI is InChI=1S/C24H29BrIN3/c1-15-11-20(25)12-16(2)23(15)29-14-17(3)22-21(13-18(4)27-24(22)29)28-9-6-19(5-8-26)7-10-28/h11-14,19H,5-10H2,1-4H3. The highest BCUT2D eigenvalue weighted by molar-refractivity contribution is 14.1. The number of pyridine rings is 1. The van der Waals surface area contributed by atoms with Crippen molar-refractivity contribution in [1.29, 1.82) is 0 Å². The molecule has 29 heavy (non-hydrogen) atoms. The molecular weight excluding hydrogens is 537 g/mol. The Balaban J connectivity index is 1.82. The minimum Gasteiger partial charge on any atom is -0.371 e. The minimum atomic E-state index is 0.889. The molecule has 0 aliphatic carbocycles. The van der Waals surface area contributed by atoms with Crippen LogP contribution < -0.4 is 4.90 Å². The molecule has 1 saturated heterocycles. The lowest BCUT2D eigenvalue weighted by molar-refractivity contribution is 0.399. The van der Waals surface area contributed by atoms with Gasteiger partial charge in [0, 0.05) is 40.5 Å². The van der Waals surface area contributed by atoms with E-state index in [1.54, 1.807) is 0 Å². The van der Waals surface area contributed by atoms with Gasteiger partial charge in [0.25, 0.3) is 0 Å². The lowest BCUT2D eigenvalue weighted by atomic mass is 9.94. The molecule has 0 spiro atoms. The van der Waals surface area contributed by atoms with E-state index in [0.29, 0.717) is 0 Å². The number of aryl methyl sites for hydroxylation is 4.